The first-order valence-electron chi connectivity index (χ1n) is 8.79. The Morgan fingerprint density at radius 3 is 2.63 bits per heavy atom. The van der Waals surface area contributed by atoms with Crippen molar-refractivity contribution in [3.63, 3.8) is 0 Å². The molecule has 0 aliphatic carbocycles. The predicted molar refractivity (Wildman–Crippen MR) is 101 cm³/mol. The van der Waals surface area contributed by atoms with E-state index in [4.69, 9.17) is 4.42 Å². The minimum absolute atomic E-state index is 0.0506. The number of hydrogen-bond acceptors (Lipinski definition) is 5. The number of imidazole rings is 1. The molecular formula is C20H19N5O2. The molecule has 0 aliphatic rings. The molecule has 3 aromatic heterocycles. The monoisotopic (exact) mass is 361 g/mol. The molecule has 1 amide bonds. The van der Waals surface area contributed by atoms with E-state index in [0.717, 1.165) is 17.8 Å². The lowest BCUT2D eigenvalue weighted by atomic mass is 9.95. The van der Waals surface area contributed by atoms with E-state index in [1.807, 2.05) is 44.2 Å². The number of nitrogens with one attached hydrogen (secondary N) is 1. The number of carbonyl (C=O) groups excluding carboxylic acids is 1. The standard InChI is InChI=1S/C20H19N5O2/c1-3-16(14-7-5-4-6-8-14)19(26)23-15-9-10-17(22-11-15)20-24-25-13(2)21-12-18(25)27-20/h4-12,16H,3H2,1-2H3,(H,23,26). The van der Waals surface area contributed by atoms with E-state index in [2.05, 4.69) is 20.4 Å². The summed E-state index contributed by atoms with van der Waals surface area (Å²) in [5.41, 5.74) is 2.79. The number of aryl methyl sites for hydroxylation is 1. The summed E-state index contributed by atoms with van der Waals surface area (Å²) in [6, 6.07) is 13.3. The van der Waals surface area contributed by atoms with Crippen molar-refractivity contribution in [2.45, 2.75) is 26.2 Å². The molecule has 7 nitrogen and oxygen atoms in total. The fraction of sp³-hybridized carbons (Fsp3) is 0.200. The highest BCUT2D eigenvalue weighted by Crippen LogP contribution is 2.23. The van der Waals surface area contributed by atoms with Crippen LogP contribution in [0.2, 0.25) is 0 Å². The van der Waals surface area contributed by atoms with Gasteiger partial charge < -0.3 is 9.73 Å². The Labute approximate surface area is 156 Å². The van der Waals surface area contributed by atoms with Gasteiger partial charge >= 0.3 is 0 Å². The minimum Gasteiger partial charge on any atom is -0.415 e. The van der Waals surface area contributed by atoms with Gasteiger partial charge in [-0.2, -0.15) is 4.52 Å². The van der Waals surface area contributed by atoms with Crippen molar-refractivity contribution in [2.24, 2.45) is 0 Å². The van der Waals surface area contributed by atoms with E-state index in [1.54, 1.807) is 29.0 Å². The van der Waals surface area contributed by atoms with E-state index in [1.165, 1.54) is 0 Å². The Hall–Kier alpha value is -3.48. The molecule has 0 bridgehead atoms. The lowest BCUT2D eigenvalue weighted by Crippen LogP contribution is -2.20. The number of anilines is 1. The van der Waals surface area contributed by atoms with Crippen molar-refractivity contribution in [1.82, 2.24) is 19.6 Å². The topological polar surface area (TPSA) is 85.3 Å². The molecule has 1 aromatic carbocycles. The van der Waals surface area contributed by atoms with Crippen LogP contribution in [0.5, 0.6) is 0 Å². The fourth-order valence-corrected chi connectivity index (χ4v) is 3.00. The largest absolute Gasteiger partial charge is 0.415 e. The third-order valence-corrected chi connectivity index (χ3v) is 4.45. The predicted octanol–water partition coefficient (Wildman–Crippen LogP) is 3.83. The number of aromatic nitrogens is 4. The average molecular weight is 361 g/mol. The number of benzene rings is 1. The van der Waals surface area contributed by atoms with Crippen LogP contribution >= 0.6 is 0 Å². The first-order valence-corrected chi connectivity index (χ1v) is 8.79. The van der Waals surface area contributed by atoms with Crippen LogP contribution in [-0.2, 0) is 4.79 Å². The van der Waals surface area contributed by atoms with Gasteiger partial charge in [-0.1, -0.05) is 37.3 Å². The van der Waals surface area contributed by atoms with Gasteiger partial charge in [0.25, 0.3) is 5.89 Å². The van der Waals surface area contributed by atoms with Crippen LogP contribution in [0.1, 0.15) is 30.7 Å². The quantitative estimate of drug-likeness (QED) is 0.584. The molecule has 4 rings (SSSR count). The molecule has 1 unspecified atom stereocenters. The number of pyridine rings is 1. The summed E-state index contributed by atoms with van der Waals surface area (Å²) in [5.74, 6) is 0.902. The second-order valence-electron chi connectivity index (χ2n) is 6.26. The zero-order chi connectivity index (χ0) is 18.8. The average Bonchev–Trinajstić information content (AvgIpc) is 3.26. The Morgan fingerprint density at radius 2 is 1.96 bits per heavy atom. The number of nitrogens with zero attached hydrogens (tertiary/aromatic N) is 4. The van der Waals surface area contributed by atoms with E-state index in [-0.39, 0.29) is 11.8 Å². The Kier molecular flexibility index (Phi) is 4.42. The first-order chi connectivity index (χ1) is 13.2. The summed E-state index contributed by atoms with van der Waals surface area (Å²) in [6.07, 6.45) is 3.95. The molecule has 4 aromatic rings. The molecule has 0 spiro atoms. The molecule has 1 atom stereocenters. The summed E-state index contributed by atoms with van der Waals surface area (Å²) in [7, 11) is 0. The van der Waals surface area contributed by atoms with Gasteiger partial charge in [0.2, 0.25) is 11.6 Å². The van der Waals surface area contributed by atoms with Crippen LogP contribution in [0, 0.1) is 6.92 Å². The normalized spacial score (nSPS) is 12.2. The molecule has 3 heterocycles. The maximum absolute atomic E-state index is 12.6. The lowest BCUT2D eigenvalue weighted by molar-refractivity contribution is -0.117. The van der Waals surface area contributed by atoms with Crippen molar-refractivity contribution >= 4 is 17.3 Å². The van der Waals surface area contributed by atoms with E-state index < -0.39 is 0 Å². The number of rotatable bonds is 5. The number of fused-ring (bicyclic) bond motifs is 1. The highest BCUT2D eigenvalue weighted by atomic mass is 16.4. The zero-order valence-corrected chi connectivity index (χ0v) is 15.1. The molecular weight excluding hydrogens is 342 g/mol. The minimum atomic E-state index is -0.199. The van der Waals surface area contributed by atoms with Crippen molar-refractivity contribution in [1.29, 1.82) is 0 Å². The second-order valence-corrected chi connectivity index (χ2v) is 6.26. The number of carbonyl (C=O) groups is 1. The fourth-order valence-electron chi connectivity index (χ4n) is 3.00. The number of hydrogen-bond donors (Lipinski definition) is 1. The third kappa shape index (κ3) is 3.31. The van der Waals surface area contributed by atoms with Gasteiger partial charge in [-0.3, -0.25) is 4.79 Å². The van der Waals surface area contributed by atoms with E-state index in [9.17, 15) is 4.79 Å². The van der Waals surface area contributed by atoms with Crippen molar-refractivity contribution < 1.29 is 9.21 Å². The maximum atomic E-state index is 12.6. The summed E-state index contributed by atoms with van der Waals surface area (Å²) in [4.78, 5) is 21.1. The summed E-state index contributed by atoms with van der Waals surface area (Å²) < 4.78 is 7.27. The summed E-state index contributed by atoms with van der Waals surface area (Å²) in [6.45, 7) is 3.85. The van der Waals surface area contributed by atoms with Gasteiger partial charge in [0, 0.05) is 0 Å². The Balaban J connectivity index is 1.51. The van der Waals surface area contributed by atoms with Gasteiger partial charge in [0.1, 0.15) is 11.5 Å². The molecule has 136 valence electrons. The molecule has 0 saturated carbocycles. The van der Waals surface area contributed by atoms with Crippen LogP contribution in [-0.4, -0.2) is 25.5 Å². The van der Waals surface area contributed by atoms with Crippen molar-refractivity contribution in [3.8, 4) is 11.6 Å². The van der Waals surface area contributed by atoms with Crippen LogP contribution < -0.4 is 5.32 Å². The highest BCUT2D eigenvalue weighted by Gasteiger charge is 2.19. The zero-order valence-electron chi connectivity index (χ0n) is 15.1. The van der Waals surface area contributed by atoms with E-state index >= 15 is 0 Å². The Bertz CT molecular complexity index is 1070. The highest BCUT2D eigenvalue weighted by molar-refractivity contribution is 5.95. The van der Waals surface area contributed by atoms with Crippen LogP contribution in [0.4, 0.5) is 5.69 Å². The van der Waals surface area contributed by atoms with Gasteiger partial charge in [-0.05, 0) is 31.0 Å². The molecule has 0 radical (unpaired) electrons. The van der Waals surface area contributed by atoms with Crippen LogP contribution in [0.15, 0.2) is 59.3 Å². The third-order valence-electron chi connectivity index (χ3n) is 4.45. The van der Waals surface area contributed by atoms with Crippen LogP contribution in [0.3, 0.4) is 0 Å². The number of amides is 1. The van der Waals surface area contributed by atoms with E-state index in [0.29, 0.717) is 23.0 Å². The van der Waals surface area contributed by atoms with Gasteiger partial charge in [-0.15, -0.1) is 5.10 Å². The van der Waals surface area contributed by atoms with Gasteiger partial charge in [-0.25, -0.2) is 9.97 Å². The Morgan fingerprint density at radius 1 is 1.15 bits per heavy atom. The SMILES string of the molecule is CCC(C(=O)Nc1ccc(-c2nn3c(C)ncc3o2)nc1)c1ccccc1. The lowest BCUT2D eigenvalue weighted by Gasteiger charge is -2.15. The summed E-state index contributed by atoms with van der Waals surface area (Å²) in [5, 5.41) is 7.29. The summed E-state index contributed by atoms with van der Waals surface area (Å²) >= 11 is 0. The molecule has 0 saturated heterocycles. The molecule has 0 fully saturated rings. The van der Waals surface area contributed by atoms with Crippen molar-refractivity contribution in [3.05, 3.63) is 66.2 Å². The van der Waals surface area contributed by atoms with Crippen LogP contribution in [0.25, 0.3) is 17.3 Å². The second kappa shape index (κ2) is 7.03. The first kappa shape index (κ1) is 17.0. The molecule has 7 heteroatoms. The maximum Gasteiger partial charge on any atom is 0.264 e. The molecule has 0 aliphatic heterocycles. The smallest absolute Gasteiger partial charge is 0.264 e. The molecule has 27 heavy (non-hydrogen) atoms. The molecule has 1 N–H and O–H groups in total. The van der Waals surface area contributed by atoms with Gasteiger partial charge in [0.05, 0.1) is 24.0 Å². The van der Waals surface area contributed by atoms with Gasteiger partial charge in [0.15, 0.2) is 0 Å². The van der Waals surface area contributed by atoms with Crippen molar-refractivity contribution in [2.75, 3.05) is 5.32 Å².